The topological polar surface area (TPSA) is 51.6 Å². The minimum atomic E-state index is -0.666. The van der Waals surface area contributed by atoms with Gasteiger partial charge >= 0.3 is 0 Å². The summed E-state index contributed by atoms with van der Waals surface area (Å²) < 4.78 is 9.83. The molecular formula is C8H13NO3S. The van der Waals surface area contributed by atoms with Crippen LogP contribution in [0.1, 0.15) is 5.01 Å². The molecule has 0 saturated carbocycles. The lowest BCUT2D eigenvalue weighted by atomic mass is 10.2. The highest BCUT2D eigenvalue weighted by atomic mass is 32.1. The number of thiazole rings is 1. The number of aliphatic hydroxyl groups is 1. The Morgan fingerprint density at radius 1 is 1.54 bits per heavy atom. The number of nitrogens with zero attached hydrogens (tertiary/aromatic N) is 1. The Hall–Kier alpha value is -0.490. The lowest BCUT2D eigenvalue weighted by Crippen LogP contribution is -2.31. The lowest BCUT2D eigenvalue weighted by Gasteiger charge is -2.18. The molecule has 0 spiro atoms. The molecule has 0 saturated heterocycles. The first kappa shape index (κ1) is 10.6. The number of hydrogen-bond donors (Lipinski definition) is 1. The number of rotatable bonds is 5. The Kier molecular flexibility index (Phi) is 4.31. The third-order valence-electron chi connectivity index (χ3n) is 1.65. The van der Waals surface area contributed by atoms with Gasteiger partial charge in [0, 0.05) is 32.2 Å². The first-order chi connectivity index (χ1) is 6.27. The van der Waals surface area contributed by atoms with Gasteiger partial charge in [0.15, 0.2) is 6.29 Å². The Bertz CT molecular complexity index is 223. The Morgan fingerprint density at radius 2 is 2.23 bits per heavy atom. The van der Waals surface area contributed by atoms with Gasteiger partial charge in [-0.25, -0.2) is 4.98 Å². The van der Waals surface area contributed by atoms with E-state index in [0.29, 0.717) is 6.42 Å². The second kappa shape index (κ2) is 5.29. The van der Waals surface area contributed by atoms with Crippen molar-refractivity contribution < 1.29 is 14.6 Å². The van der Waals surface area contributed by atoms with Crippen molar-refractivity contribution in [3.8, 4) is 0 Å². The number of aliphatic hydroxyl groups excluding tert-OH is 1. The fraction of sp³-hybridized carbons (Fsp3) is 0.625. The van der Waals surface area contributed by atoms with E-state index in [-0.39, 0.29) is 0 Å². The summed E-state index contributed by atoms with van der Waals surface area (Å²) in [7, 11) is 3.00. The number of aromatic nitrogens is 1. The van der Waals surface area contributed by atoms with Gasteiger partial charge in [0.05, 0.1) is 5.01 Å². The minimum absolute atomic E-state index is 0.462. The van der Waals surface area contributed by atoms with E-state index in [2.05, 4.69) is 4.98 Å². The zero-order valence-electron chi connectivity index (χ0n) is 7.64. The maximum Gasteiger partial charge on any atom is 0.183 e. The highest BCUT2D eigenvalue weighted by molar-refractivity contribution is 7.09. The van der Waals surface area contributed by atoms with Crippen LogP contribution in [0.25, 0.3) is 0 Å². The standard InChI is InChI=1S/C8H13NO3S/c1-11-8(12-2)6(10)5-7-9-3-4-13-7/h3-4,6,8,10H,5H2,1-2H3. The third kappa shape index (κ3) is 3.04. The first-order valence-corrected chi connectivity index (χ1v) is 4.78. The fourth-order valence-electron chi connectivity index (χ4n) is 1.04. The van der Waals surface area contributed by atoms with Crippen LogP contribution in [0.15, 0.2) is 11.6 Å². The molecule has 0 bridgehead atoms. The van der Waals surface area contributed by atoms with E-state index in [9.17, 15) is 5.11 Å². The quantitative estimate of drug-likeness (QED) is 0.714. The molecule has 0 aliphatic heterocycles. The number of hydrogen-bond acceptors (Lipinski definition) is 5. The van der Waals surface area contributed by atoms with Crippen LogP contribution in [-0.2, 0) is 15.9 Å². The molecule has 1 aromatic heterocycles. The smallest absolute Gasteiger partial charge is 0.183 e. The summed E-state index contributed by atoms with van der Waals surface area (Å²) in [6.45, 7) is 0. The molecule has 0 aliphatic carbocycles. The molecule has 1 atom stereocenters. The van der Waals surface area contributed by atoms with Crippen molar-refractivity contribution in [1.82, 2.24) is 4.98 Å². The molecule has 1 aromatic rings. The molecule has 5 heteroatoms. The van der Waals surface area contributed by atoms with Crippen LogP contribution in [0.2, 0.25) is 0 Å². The van der Waals surface area contributed by atoms with Gasteiger partial charge in [0.2, 0.25) is 0 Å². The maximum absolute atomic E-state index is 9.60. The Morgan fingerprint density at radius 3 is 2.69 bits per heavy atom. The predicted molar refractivity (Wildman–Crippen MR) is 49.6 cm³/mol. The van der Waals surface area contributed by atoms with E-state index in [1.54, 1.807) is 6.20 Å². The molecule has 4 nitrogen and oxygen atoms in total. The summed E-state index contributed by atoms with van der Waals surface area (Å²) in [6, 6.07) is 0. The zero-order valence-corrected chi connectivity index (χ0v) is 8.45. The predicted octanol–water partition coefficient (Wildman–Crippen LogP) is 0.665. The lowest BCUT2D eigenvalue weighted by molar-refractivity contribution is -0.163. The van der Waals surface area contributed by atoms with Crippen molar-refractivity contribution in [2.75, 3.05) is 14.2 Å². The zero-order chi connectivity index (χ0) is 9.68. The van der Waals surface area contributed by atoms with Crippen LogP contribution >= 0.6 is 11.3 Å². The van der Waals surface area contributed by atoms with Gasteiger partial charge < -0.3 is 14.6 Å². The summed E-state index contributed by atoms with van der Waals surface area (Å²) in [5.41, 5.74) is 0. The van der Waals surface area contributed by atoms with E-state index >= 15 is 0 Å². The third-order valence-corrected chi connectivity index (χ3v) is 2.45. The molecule has 1 rings (SSSR count). The minimum Gasteiger partial charge on any atom is -0.387 e. The number of methoxy groups -OCH3 is 2. The van der Waals surface area contributed by atoms with Crippen molar-refractivity contribution in [3.05, 3.63) is 16.6 Å². The average molecular weight is 203 g/mol. The van der Waals surface area contributed by atoms with Gasteiger partial charge in [-0.2, -0.15) is 0 Å². The van der Waals surface area contributed by atoms with E-state index in [4.69, 9.17) is 9.47 Å². The summed E-state index contributed by atoms with van der Waals surface area (Å²) in [5.74, 6) is 0. The van der Waals surface area contributed by atoms with Crippen molar-refractivity contribution >= 4 is 11.3 Å². The van der Waals surface area contributed by atoms with Crippen LogP contribution < -0.4 is 0 Å². The van der Waals surface area contributed by atoms with Gasteiger partial charge in [0.1, 0.15) is 6.10 Å². The fourth-order valence-corrected chi connectivity index (χ4v) is 1.71. The van der Waals surface area contributed by atoms with Crippen LogP contribution in [0.5, 0.6) is 0 Å². The van der Waals surface area contributed by atoms with Crippen molar-refractivity contribution in [3.63, 3.8) is 0 Å². The van der Waals surface area contributed by atoms with Crippen molar-refractivity contribution in [1.29, 1.82) is 0 Å². The summed E-state index contributed by atoms with van der Waals surface area (Å²) in [5, 5.41) is 12.4. The molecular weight excluding hydrogens is 190 g/mol. The number of ether oxygens (including phenoxy) is 2. The molecule has 0 aliphatic rings. The van der Waals surface area contributed by atoms with Gasteiger partial charge in [0.25, 0.3) is 0 Å². The van der Waals surface area contributed by atoms with Crippen LogP contribution in [0.4, 0.5) is 0 Å². The molecule has 1 N–H and O–H groups in total. The molecule has 0 aromatic carbocycles. The van der Waals surface area contributed by atoms with Crippen molar-refractivity contribution in [2.24, 2.45) is 0 Å². The average Bonchev–Trinajstić information content (AvgIpc) is 2.59. The van der Waals surface area contributed by atoms with Gasteiger partial charge in [-0.1, -0.05) is 0 Å². The normalized spacial score (nSPS) is 13.5. The largest absolute Gasteiger partial charge is 0.387 e. The van der Waals surface area contributed by atoms with Crippen LogP contribution in [-0.4, -0.2) is 36.7 Å². The molecule has 74 valence electrons. The second-order valence-electron chi connectivity index (χ2n) is 2.54. The van der Waals surface area contributed by atoms with E-state index < -0.39 is 12.4 Å². The van der Waals surface area contributed by atoms with Gasteiger partial charge in [-0.3, -0.25) is 0 Å². The highest BCUT2D eigenvalue weighted by Gasteiger charge is 2.18. The molecule has 0 amide bonds. The molecule has 1 unspecified atom stereocenters. The summed E-state index contributed by atoms with van der Waals surface area (Å²) in [4.78, 5) is 4.05. The van der Waals surface area contributed by atoms with Gasteiger partial charge in [-0.15, -0.1) is 11.3 Å². The molecule has 1 heterocycles. The van der Waals surface area contributed by atoms with Crippen LogP contribution in [0.3, 0.4) is 0 Å². The van der Waals surface area contributed by atoms with Gasteiger partial charge in [-0.05, 0) is 0 Å². The molecule has 13 heavy (non-hydrogen) atoms. The van der Waals surface area contributed by atoms with Crippen LogP contribution in [0, 0.1) is 0 Å². The van der Waals surface area contributed by atoms with Crippen molar-refractivity contribution in [2.45, 2.75) is 18.8 Å². The Balaban J connectivity index is 2.44. The molecule has 0 fully saturated rings. The Labute approximate surface area is 81.1 Å². The summed E-state index contributed by atoms with van der Waals surface area (Å²) in [6.07, 6.45) is 0.927. The second-order valence-corrected chi connectivity index (χ2v) is 3.52. The van der Waals surface area contributed by atoms with E-state index in [0.717, 1.165) is 5.01 Å². The first-order valence-electron chi connectivity index (χ1n) is 3.90. The monoisotopic (exact) mass is 203 g/mol. The van der Waals surface area contributed by atoms with E-state index in [1.807, 2.05) is 5.38 Å². The maximum atomic E-state index is 9.60. The molecule has 0 radical (unpaired) electrons. The SMILES string of the molecule is COC(OC)C(O)Cc1nccs1. The highest BCUT2D eigenvalue weighted by Crippen LogP contribution is 2.10. The van der Waals surface area contributed by atoms with E-state index in [1.165, 1.54) is 25.6 Å². The summed E-state index contributed by atoms with van der Waals surface area (Å²) >= 11 is 1.51.